The van der Waals surface area contributed by atoms with E-state index in [9.17, 15) is 19.2 Å². The lowest BCUT2D eigenvalue weighted by Gasteiger charge is -2.36. The fraction of sp³-hybridized carbons (Fsp3) is 0.806. The maximum Gasteiger partial charge on any atom is 0.246 e. The Hall–Kier alpha value is -2.18. The van der Waals surface area contributed by atoms with Crippen molar-refractivity contribution in [1.82, 2.24) is 15.5 Å². The first-order valence-corrected chi connectivity index (χ1v) is 15.3. The minimum Gasteiger partial charge on any atom is -0.369 e. The van der Waals surface area contributed by atoms with Gasteiger partial charge in [0.15, 0.2) is 17.9 Å². The lowest BCUT2D eigenvalue weighted by atomic mass is 9.83. The van der Waals surface area contributed by atoms with Crippen LogP contribution in [0.3, 0.4) is 0 Å². The number of carbonyl (C=O) groups is 4. The molecule has 0 spiro atoms. The van der Waals surface area contributed by atoms with Crippen molar-refractivity contribution in [2.75, 3.05) is 6.54 Å². The largest absolute Gasteiger partial charge is 0.369 e. The van der Waals surface area contributed by atoms with Crippen LogP contribution in [0.5, 0.6) is 0 Å². The van der Waals surface area contributed by atoms with Gasteiger partial charge in [-0.2, -0.15) is 0 Å². The first-order chi connectivity index (χ1) is 18.3. The van der Waals surface area contributed by atoms with Gasteiger partial charge in [-0.15, -0.1) is 0 Å². The molecule has 4 rings (SSSR count). The molecule has 0 radical (unpaired) electrons. The smallest absolute Gasteiger partial charge is 0.246 e. The predicted octanol–water partition coefficient (Wildman–Crippen LogP) is 5.08. The molecule has 38 heavy (non-hydrogen) atoms. The number of hydrogen-bond acceptors (Lipinski definition) is 6. The van der Waals surface area contributed by atoms with Gasteiger partial charge in [-0.05, 0) is 76.7 Å². The lowest BCUT2D eigenvalue weighted by molar-refractivity contribution is -0.140. The van der Waals surface area contributed by atoms with Gasteiger partial charge < -0.3 is 15.5 Å². The van der Waals surface area contributed by atoms with Crippen LogP contribution < -0.4 is 10.6 Å². The van der Waals surface area contributed by atoms with Crippen molar-refractivity contribution in [3.63, 3.8) is 0 Å². The summed E-state index contributed by atoms with van der Waals surface area (Å²) >= 11 is 0. The van der Waals surface area contributed by atoms with Crippen molar-refractivity contribution >= 4 is 23.8 Å². The van der Waals surface area contributed by atoms with Crippen LogP contribution in [-0.2, 0) is 19.2 Å². The molecule has 4 fully saturated rings. The van der Waals surface area contributed by atoms with E-state index in [-0.39, 0.29) is 35.5 Å². The van der Waals surface area contributed by atoms with Gasteiger partial charge in [0.05, 0.1) is 11.9 Å². The van der Waals surface area contributed by atoms with Gasteiger partial charge in [0.2, 0.25) is 5.91 Å². The third-order valence-corrected chi connectivity index (χ3v) is 8.94. The maximum absolute atomic E-state index is 13.6. The second-order valence-electron chi connectivity index (χ2n) is 12.1. The molecular weight excluding hydrogens is 478 g/mol. The van der Waals surface area contributed by atoms with Gasteiger partial charge in [-0.25, -0.2) is 0 Å². The van der Waals surface area contributed by atoms with Gasteiger partial charge in [-0.3, -0.25) is 19.2 Å². The number of rotatable bonds is 11. The van der Waals surface area contributed by atoms with Crippen molar-refractivity contribution in [2.45, 2.75) is 135 Å². The maximum atomic E-state index is 13.6. The van der Waals surface area contributed by atoms with Crippen LogP contribution in [0.4, 0.5) is 0 Å². The molecule has 0 aromatic carbocycles. The highest BCUT2D eigenvalue weighted by Crippen LogP contribution is 2.35. The second kappa shape index (κ2) is 15.4. The van der Waals surface area contributed by atoms with E-state index < -0.39 is 0 Å². The van der Waals surface area contributed by atoms with E-state index in [1.807, 2.05) is 18.7 Å². The molecule has 3 unspecified atom stereocenters. The number of nitrogens with one attached hydrogen (secondary N) is 2. The molecule has 7 nitrogen and oxygen atoms in total. The normalized spacial score (nSPS) is 24.6. The molecular formula is C31H51N3O4. The van der Waals surface area contributed by atoms with E-state index in [4.69, 9.17) is 0 Å². The van der Waals surface area contributed by atoms with Crippen molar-refractivity contribution < 1.29 is 19.2 Å². The third-order valence-electron chi connectivity index (χ3n) is 8.94. The zero-order valence-corrected chi connectivity index (χ0v) is 24.0. The zero-order valence-electron chi connectivity index (χ0n) is 24.0. The first-order valence-electron chi connectivity index (χ1n) is 15.3. The number of amides is 1. The van der Waals surface area contributed by atoms with Gasteiger partial charge in [-0.1, -0.05) is 58.3 Å². The second-order valence-corrected chi connectivity index (χ2v) is 12.1. The lowest BCUT2D eigenvalue weighted by Crippen LogP contribution is -2.54. The fourth-order valence-corrected chi connectivity index (χ4v) is 6.41. The molecule has 214 valence electrons. The topological polar surface area (TPSA) is 95.6 Å². The monoisotopic (exact) mass is 529 g/mol. The number of carbonyl (C=O) groups excluding carboxylic acids is 4. The molecule has 1 saturated heterocycles. The zero-order chi connectivity index (χ0) is 27.5. The Labute approximate surface area is 229 Å². The van der Waals surface area contributed by atoms with Gasteiger partial charge >= 0.3 is 0 Å². The summed E-state index contributed by atoms with van der Waals surface area (Å²) in [5.41, 5.74) is 0. The highest BCUT2D eigenvalue weighted by Gasteiger charge is 2.39. The quantitative estimate of drug-likeness (QED) is 0.286. The number of hydrogen-bond donors (Lipinski definition) is 2. The summed E-state index contributed by atoms with van der Waals surface area (Å²) in [6.07, 6.45) is 19.9. The number of aldehydes is 1. The van der Waals surface area contributed by atoms with Crippen LogP contribution in [0.25, 0.3) is 0 Å². The van der Waals surface area contributed by atoms with Crippen LogP contribution in [0, 0.1) is 17.8 Å². The average Bonchev–Trinajstić information content (AvgIpc) is 3.61. The molecule has 1 heterocycles. The Morgan fingerprint density at radius 2 is 1.53 bits per heavy atom. The molecule has 1 aliphatic heterocycles. The standard InChI is InChI=1S/C23H39N3O2.C8H12O2/c1-3-21(24-19-13-8-5-9-14-19)25-22(18-11-6-4-7-12-18)23(28)26-16-10-15-20(26)17(2)27;1-6(8(10)5-9)4-7-2-3-7/h3,18-20,22,24-25H,4-16H2,1-2H3;5-7H,2-4H2,1H3/b21-3-;. The van der Waals surface area contributed by atoms with E-state index in [2.05, 4.69) is 16.7 Å². The minimum absolute atomic E-state index is 0.0370. The molecule has 2 N–H and O–H groups in total. The molecule has 0 bridgehead atoms. The summed E-state index contributed by atoms with van der Waals surface area (Å²) in [6.45, 7) is 6.21. The molecule has 1 amide bonds. The summed E-state index contributed by atoms with van der Waals surface area (Å²) in [5.74, 6) is 2.07. The van der Waals surface area contributed by atoms with Crippen LogP contribution in [0.2, 0.25) is 0 Å². The van der Waals surface area contributed by atoms with Crippen molar-refractivity contribution in [3.8, 4) is 0 Å². The van der Waals surface area contributed by atoms with E-state index >= 15 is 0 Å². The molecule has 0 aromatic heterocycles. The Bertz CT molecular complexity index is 825. The van der Waals surface area contributed by atoms with E-state index in [0.717, 1.165) is 50.4 Å². The van der Waals surface area contributed by atoms with Crippen molar-refractivity contribution in [1.29, 1.82) is 0 Å². The Balaban J connectivity index is 0.000000336. The number of likely N-dealkylation sites (tertiary alicyclic amines) is 1. The van der Waals surface area contributed by atoms with Crippen LogP contribution in [0.1, 0.15) is 117 Å². The summed E-state index contributed by atoms with van der Waals surface area (Å²) < 4.78 is 0. The Morgan fingerprint density at radius 1 is 0.895 bits per heavy atom. The predicted molar refractivity (Wildman–Crippen MR) is 150 cm³/mol. The SMILES string of the molecule is C/C=C(/NC1CCCCC1)NC(C(=O)N1CCCC1C(C)=O)C1CCCCC1.CC(CC1CC1)C(=O)C=O. The average molecular weight is 530 g/mol. The number of allylic oxidation sites excluding steroid dienone is 1. The van der Waals surface area contributed by atoms with Gasteiger partial charge in [0, 0.05) is 18.5 Å². The van der Waals surface area contributed by atoms with Crippen LogP contribution >= 0.6 is 0 Å². The summed E-state index contributed by atoms with van der Waals surface area (Å²) in [5, 5.41) is 7.27. The summed E-state index contributed by atoms with van der Waals surface area (Å²) in [4.78, 5) is 48.2. The molecule has 0 aromatic rings. The molecule has 3 atom stereocenters. The van der Waals surface area contributed by atoms with Crippen molar-refractivity contribution in [2.24, 2.45) is 17.8 Å². The molecule has 7 heteroatoms. The third kappa shape index (κ3) is 9.23. The first kappa shape index (κ1) is 30.4. The van der Waals surface area contributed by atoms with Gasteiger partial charge in [0.25, 0.3) is 0 Å². The van der Waals surface area contributed by atoms with Crippen molar-refractivity contribution in [3.05, 3.63) is 11.9 Å². The Morgan fingerprint density at radius 3 is 2.08 bits per heavy atom. The summed E-state index contributed by atoms with van der Waals surface area (Å²) in [7, 11) is 0. The van der Waals surface area contributed by atoms with Crippen LogP contribution in [-0.4, -0.2) is 53.3 Å². The van der Waals surface area contributed by atoms with E-state index in [1.165, 1.54) is 64.2 Å². The highest BCUT2D eigenvalue weighted by molar-refractivity contribution is 6.25. The Kier molecular flexibility index (Phi) is 12.3. The number of nitrogens with zero attached hydrogens (tertiary/aromatic N) is 1. The fourth-order valence-electron chi connectivity index (χ4n) is 6.41. The molecule has 3 aliphatic carbocycles. The molecule has 3 saturated carbocycles. The van der Waals surface area contributed by atoms with Crippen LogP contribution in [0.15, 0.2) is 11.9 Å². The van der Waals surface area contributed by atoms with E-state index in [1.54, 1.807) is 6.92 Å². The molecule has 4 aliphatic rings. The highest BCUT2D eigenvalue weighted by atomic mass is 16.2. The van der Waals surface area contributed by atoms with E-state index in [0.29, 0.717) is 18.2 Å². The summed E-state index contributed by atoms with van der Waals surface area (Å²) in [6, 6.07) is 0.0644. The van der Waals surface area contributed by atoms with Gasteiger partial charge in [0.1, 0.15) is 6.04 Å². The minimum atomic E-state index is -0.244. The number of Topliss-reactive ketones (excluding diaryl/α,β-unsaturated/α-hetero) is 2. The number of ketones is 2.